The molecule has 1 N–H and O–H groups in total. The van der Waals surface area contributed by atoms with Crippen LogP contribution >= 0.6 is 23.2 Å². The van der Waals surface area contributed by atoms with Gasteiger partial charge >= 0.3 is 0 Å². The maximum atomic E-state index is 12.4. The summed E-state index contributed by atoms with van der Waals surface area (Å²) >= 11 is 12.0. The van der Waals surface area contributed by atoms with Gasteiger partial charge in [-0.25, -0.2) is 4.98 Å². The molecule has 0 spiro atoms. The largest absolute Gasteiger partial charge is 0.348 e. The van der Waals surface area contributed by atoms with Crippen molar-refractivity contribution in [3.05, 3.63) is 56.7 Å². The Morgan fingerprint density at radius 2 is 2.12 bits per heavy atom. The summed E-state index contributed by atoms with van der Waals surface area (Å²) in [6.45, 7) is 1.66. The molecular weight excluding hydrogens is 365 g/mol. The molecule has 2 aromatic heterocycles. The van der Waals surface area contributed by atoms with E-state index in [0.717, 1.165) is 5.56 Å². The van der Waals surface area contributed by atoms with Crippen LogP contribution < -0.4 is 10.9 Å². The van der Waals surface area contributed by atoms with Crippen molar-refractivity contribution in [2.75, 3.05) is 0 Å². The molecule has 0 radical (unpaired) electrons. The number of hydrogen-bond acceptors (Lipinski definition) is 4. The number of aromatic nitrogens is 4. The Morgan fingerprint density at radius 1 is 1.36 bits per heavy atom. The van der Waals surface area contributed by atoms with Crippen molar-refractivity contribution in [2.24, 2.45) is 7.05 Å². The van der Waals surface area contributed by atoms with Crippen molar-refractivity contribution in [1.29, 1.82) is 0 Å². The molecule has 1 unspecified atom stereocenters. The lowest BCUT2D eigenvalue weighted by atomic mass is 10.1. The van der Waals surface area contributed by atoms with Crippen molar-refractivity contribution in [3.63, 3.8) is 0 Å². The Labute approximate surface area is 153 Å². The summed E-state index contributed by atoms with van der Waals surface area (Å²) in [5.74, 6) is -0.328. The van der Waals surface area contributed by atoms with E-state index >= 15 is 0 Å². The molecule has 130 valence electrons. The normalized spacial score (nSPS) is 12.3. The fourth-order valence-corrected chi connectivity index (χ4v) is 3.12. The quantitative estimate of drug-likeness (QED) is 0.753. The van der Waals surface area contributed by atoms with Crippen molar-refractivity contribution >= 4 is 40.1 Å². The number of nitrogens with zero attached hydrogens (tertiary/aromatic N) is 4. The highest BCUT2D eigenvalue weighted by Gasteiger charge is 2.15. The first-order chi connectivity index (χ1) is 11.9. The molecule has 1 aromatic carbocycles. The zero-order valence-electron chi connectivity index (χ0n) is 13.5. The van der Waals surface area contributed by atoms with E-state index in [1.165, 1.54) is 21.8 Å². The standard InChI is InChI=1S/C16H15Cl2N5O2/c1-9(11-4-3-10(17)5-13(11)18)21-14(24)7-23-8-19-15-12(16(23)25)6-20-22(15)2/h3-6,8-9H,7H2,1-2H3,(H,21,24). The maximum absolute atomic E-state index is 12.4. The number of carbonyl (C=O) groups is 1. The molecule has 0 saturated carbocycles. The van der Waals surface area contributed by atoms with Crippen LogP contribution in [0.2, 0.25) is 10.0 Å². The van der Waals surface area contributed by atoms with E-state index < -0.39 is 0 Å². The highest BCUT2D eigenvalue weighted by molar-refractivity contribution is 6.35. The van der Waals surface area contributed by atoms with E-state index in [1.807, 2.05) is 0 Å². The van der Waals surface area contributed by atoms with Gasteiger partial charge in [0.1, 0.15) is 18.3 Å². The van der Waals surface area contributed by atoms with Crippen LogP contribution in [-0.2, 0) is 18.4 Å². The lowest BCUT2D eigenvalue weighted by Crippen LogP contribution is -2.34. The minimum Gasteiger partial charge on any atom is -0.348 e. The Morgan fingerprint density at radius 3 is 2.84 bits per heavy atom. The van der Waals surface area contributed by atoms with Gasteiger partial charge in [-0.2, -0.15) is 5.10 Å². The van der Waals surface area contributed by atoms with Crippen LogP contribution in [0.5, 0.6) is 0 Å². The molecule has 25 heavy (non-hydrogen) atoms. The van der Waals surface area contributed by atoms with Crippen LogP contribution in [0.1, 0.15) is 18.5 Å². The molecule has 1 amide bonds. The van der Waals surface area contributed by atoms with E-state index in [-0.39, 0.29) is 24.1 Å². The molecule has 1 atom stereocenters. The summed E-state index contributed by atoms with van der Waals surface area (Å²) in [6, 6.07) is 4.75. The zero-order valence-corrected chi connectivity index (χ0v) is 15.0. The van der Waals surface area contributed by atoms with E-state index in [0.29, 0.717) is 21.1 Å². The lowest BCUT2D eigenvalue weighted by molar-refractivity contribution is -0.122. The predicted molar refractivity (Wildman–Crippen MR) is 95.8 cm³/mol. The van der Waals surface area contributed by atoms with Crippen LogP contribution in [0.4, 0.5) is 0 Å². The van der Waals surface area contributed by atoms with Crippen LogP contribution in [0.15, 0.2) is 35.5 Å². The van der Waals surface area contributed by atoms with Gasteiger partial charge < -0.3 is 5.32 Å². The second-order valence-corrected chi connectivity index (χ2v) is 6.48. The molecule has 0 aliphatic carbocycles. The van der Waals surface area contributed by atoms with E-state index in [4.69, 9.17) is 23.2 Å². The topological polar surface area (TPSA) is 81.8 Å². The molecule has 3 rings (SSSR count). The zero-order chi connectivity index (χ0) is 18.1. The number of rotatable bonds is 4. The van der Waals surface area contributed by atoms with Crippen molar-refractivity contribution < 1.29 is 4.79 Å². The van der Waals surface area contributed by atoms with E-state index in [9.17, 15) is 9.59 Å². The van der Waals surface area contributed by atoms with Gasteiger partial charge in [0.25, 0.3) is 5.56 Å². The monoisotopic (exact) mass is 379 g/mol. The summed E-state index contributed by atoms with van der Waals surface area (Å²) in [6.07, 6.45) is 2.78. The smallest absolute Gasteiger partial charge is 0.264 e. The molecule has 0 bridgehead atoms. The second kappa shape index (κ2) is 6.85. The molecule has 0 aliphatic heterocycles. The fraction of sp³-hybridized carbons (Fsp3) is 0.250. The Hall–Kier alpha value is -2.38. The summed E-state index contributed by atoms with van der Waals surface area (Å²) in [4.78, 5) is 28.8. The number of fused-ring (bicyclic) bond motifs is 1. The first-order valence-electron chi connectivity index (χ1n) is 7.48. The van der Waals surface area contributed by atoms with Crippen LogP contribution in [0.25, 0.3) is 11.0 Å². The first kappa shape index (κ1) is 17.4. The molecule has 2 heterocycles. The molecule has 0 fully saturated rings. The van der Waals surface area contributed by atoms with Gasteiger partial charge in [-0.15, -0.1) is 0 Å². The third-order valence-corrected chi connectivity index (χ3v) is 4.40. The lowest BCUT2D eigenvalue weighted by Gasteiger charge is -2.16. The third-order valence-electron chi connectivity index (χ3n) is 3.84. The van der Waals surface area contributed by atoms with Gasteiger partial charge in [0.15, 0.2) is 5.65 Å². The first-order valence-corrected chi connectivity index (χ1v) is 8.24. The SMILES string of the molecule is CC(NC(=O)Cn1cnc2c(cnn2C)c1=O)c1ccc(Cl)cc1Cl. The van der Waals surface area contributed by atoms with Gasteiger partial charge in [0, 0.05) is 17.1 Å². The highest BCUT2D eigenvalue weighted by Crippen LogP contribution is 2.26. The number of carbonyl (C=O) groups excluding carboxylic acids is 1. The van der Waals surface area contributed by atoms with Crippen molar-refractivity contribution in [1.82, 2.24) is 24.6 Å². The van der Waals surface area contributed by atoms with E-state index in [2.05, 4.69) is 15.4 Å². The second-order valence-electron chi connectivity index (χ2n) is 5.64. The average Bonchev–Trinajstić information content (AvgIpc) is 2.92. The van der Waals surface area contributed by atoms with Gasteiger partial charge in [-0.05, 0) is 24.6 Å². The number of hydrogen-bond donors (Lipinski definition) is 1. The maximum Gasteiger partial charge on any atom is 0.264 e. The highest BCUT2D eigenvalue weighted by atomic mass is 35.5. The Balaban J connectivity index is 1.76. The van der Waals surface area contributed by atoms with Gasteiger partial charge in [0.2, 0.25) is 5.91 Å². The van der Waals surface area contributed by atoms with Crippen molar-refractivity contribution in [2.45, 2.75) is 19.5 Å². The van der Waals surface area contributed by atoms with Gasteiger partial charge in [-0.1, -0.05) is 29.3 Å². The minimum atomic E-state index is -0.331. The fourth-order valence-electron chi connectivity index (χ4n) is 2.55. The van der Waals surface area contributed by atoms with Gasteiger partial charge in [0.05, 0.1) is 12.2 Å². The van der Waals surface area contributed by atoms with E-state index in [1.54, 1.807) is 32.2 Å². The predicted octanol–water partition coefficient (Wildman–Crippen LogP) is 2.31. The third kappa shape index (κ3) is 3.52. The number of amides is 1. The van der Waals surface area contributed by atoms with Gasteiger partial charge in [-0.3, -0.25) is 18.8 Å². The van der Waals surface area contributed by atoms with Crippen LogP contribution in [0, 0.1) is 0 Å². The summed E-state index contributed by atoms with van der Waals surface area (Å²) in [5, 5.41) is 8.17. The number of nitrogens with one attached hydrogen (secondary N) is 1. The Bertz CT molecular complexity index is 1010. The molecule has 7 nitrogen and oxygen atoms in total. The summed E-state index contributed by atoms with van der Waals surface area (Å²) in [5.41, 5.74) is 0.904. The number of benzene rings is 1. The summed E-state index contributed by atoms with van der Waals surface area (Å²) in [7, 11) is 1.70. The molecule has 0 aliphatic rings. The summed E-state index contributed by atoms with van der Waals surface area (Å²) < 4.78 is 2.75. The molecule has 3 aromatic rings. The number of halogens is 2. The van der Waals surface area contributed by atoms with Crippen LogP contribution in [0.3, 0.4) is 0 Å². The molecular formula is C16H15Cl2N5O2. The Kier molecular flexibility index (Phi) is 4.78. The molecule has 9 heteroatoms. The average molecular weight is 380 g/mol. The van der Waals surface area contributed by atoms with Crippen molar-refractivity contribution in [3.8, 4) is 0 Å². The molecule has 0 saturated heterocycles. The number of aryl methyl sites for hydroxylation is 1. The minimum absolute atomic E-state index is 0.147. The van der Waals surface area contributed by atoms with Crippen LogP contribution in [-0.4, -0.2) is 25.2 Å².